The molecule has 0 radical (unpaired) electrons. The molecule has 156 valence electrons. The van der Waals surface area contributed by atoms with Crippen molar-refractivity contribution in [1.82, 2.24) is 10.0 Å². The third-order valence-electron chi connectivity index (χ3n) is 5.50. The third kappa shape index (κ3) is 7.02. The SMILES string of the molecule is CC1=CC(CNS(C)(=O)=O)C(C(C)C)CC1CC(=O)NCc1ccc(F)cc1. The monoisotopic (exact) mass is 410 g/mol. The Bertz CT molecular complexity index is 803. The Kier molecular flexibility index (Phi) is 7.78. The lowest BCUT2D eigenvalue weighted by molar-refractivity contribution is -0.122. The molecule has 7 heteroatoms. The van der Waals surface area contributed by atoms with Crippen LogP contribution in [0.25, 0.3) is 0 Å². The molecule has 1 amide bonds. The van der Waals surface area contributed by atoms with Crippen LogP contribution >= 0.6 is 0 Å². The van der Waals surface area contributed by atoms with Crippen LogP contribution in [0, 0.1) is 29.5 Å². The zero-order chi connectivity index (χ0) is 20.9. The van der Waals surface area contributed by atoms with E-state index < -0.39 is 10.0 Å². The summed E-state index contributed by atoms with van der Waals surface area (Å²) in [6.07, 6.45) is 4.56. The number of amides is 1. The van der Waals surface area contributed by atoms with E-state index >= 15 is 0 Å². The maximum Gasteiger partial charge on any atom is 0.220 e. The number of carbonyl (C=O) groups excluding carboxylic acids is 1. The minimum atomic E-state index is -3.23. The highest BCUT2D eigenvalue weighted by Gasteiger charge is 2.32. The average Bonchev–Trinajstić information content (AvgIpc) is 2.60. The van der Waals surface area contributed by atoms with Crippen molar-refractivity contribution >= 4 is 15.9 Å². The molecule has 0 saturated carbocycles. The first kappa shape index (κ1) is 22.6. The lowest BCUT2D eigenvalue weighted by atomic mass is 9.70. The Hall–Kier alpha value is -1.73. The van der Waals surface area contributed by atoms with E-state index in [9.17, 15) is 17.6 Å². The summed E-state index contributed by atoms with van der Waals surface area (Å²) in [5.74, 6) is 0.659. The Labute approximate surface area is 167 Å². The summed E-state index contributed by atoms with van der Waals surface area (Å²) in [5.41, 5.74) is 1.99. The van der Waals surface area contributed by atoms with Gasteiger partial charge < -0.3 is 5.32 Å². The van der Waals surface area contributed by atoms with Crippen molar-refractivity contribution in [2.75, 3.05) is 12.8 Å². The minimum Gasteiger partial charge on any atom is -0.352 e. The second-order valence-corrected chi connectivity index (χ2v) is 9.98. The van der Waals surface area contributed by atoms with Crippen molar-refractivity contribution < 1.29 is 17.6 Å². The maximum absolute atomic E-state index is 13.0. The van der Waals surface area contributed by atoms with Gasteiger partial charge in [-0.25, -0.2) is 17.5 Å². The van der Waals surface area contributed by atoms with E-state index in [4.69, 9.17) is 0 Å². The number of allylic oxidation sites excluding steroid dienone is 1. The molecular formula is C21H31FN2O3S. The molecule has 0 bridgehead atoms. The van der Waals surface area contributed by atoms with Crippen molar-refractivity contribution in [2.45, 2.75) is 40.2 Å². The molecule has 0 heterocycles. The molecule has 1 aromatic rings. The van der Waals surface area contributed by atoms with E-state index in [2.05, 4.69) is 30.0 Å². The summed E-state index contributed by atoms with van der Waals surface area (Å²) < 4.78 is 38.5. The molecule has 1 aromatic carbocycles. The van der Waals surface area contributed by atoms with Crippen LogP contribution in [0.15, 0.2) is 35.9 Å². The van der Waals surface area contributed by atoms with Crippen LogP contribution in [0.2, 0.25) is 0 Å². The molecule has 0 saturated heterocycles. The number of halogens is 1. The van der Waals surface area contributed by atoms with E-state index in [1.165, 1.54) is 18.4 Å². The smallest absolute Gasteiger partial charge is 0.220 e. The van der Waals surface area contributed by atoms with E-state index in [0.717, 1.165) is 17.6 Å². The molecule has 3 atom stereocenters. The summed E-state index contributed by atoms with van der Waals surface area (Å²) in [7, 11) is -3.23. The Morgan fingerprint density at radius 2 is 1.89 bits per heavy atom. The Balaban J connectivity index is 1.97. The quantitative estimate of drug-likeness (QED) is 0.646. The van der Waals surface area contributed by atoms with Crippen molar-refractivity contribution in [3.05, 3.63) is 47.3 Å². The van der Waals surface area contributed by atoms with Crippen LogP contribution in [0.3, 0.4) is 0 Å². The molecule has 1 aliphatic rings. The first-order valence-electron chi connectivity index (χ1n) is 9.69. The van der Waals surface area contributed by atoms with E-state index in [1.54, 1.807) is 12.1 Å². The van der Waals surface area contributed by atoms with Crippen LogP contribution in [0.4, 0.5) is 4.39 Å². The van der Waals surface area contributed by atoms with Gasteiger partial charge in [-0.3, -0.25) is 4.79 Å². The standard InChI is InChI=1S/C21H31FN2O3S/c1-14(2)20-10-17(15(3)9-18(20)13-24-28(4,26)27)11-21(25)23-12-16-5-7-19(22)8-6-16/h5-9,14,17-18,20,24H,10-13H2,1-4H3,(H,23,25). The Morgan fingerprint density at radius 1 is 1.25 bits per heavy atom. The highest BCUT2D eigenvalue weighted by Crippen LogP contribution is 2.38. The highest BCUT2D eigenvalue weighted by molar-refractivity contribution is 7.88. The number of sulfonamides is 1. The lowest BCUT2D eigenvalue weighted by Crippen LogP contribution is -2.37. The van der Waals surface area contributed by atoms with Gasteiger partial charge in [0.15, 0.2) is 0 Å². The molecule has 5 nitrogen and oxygen atoms in total. The van der Waals surface area contributed by atoms with Gasteiger partial charge in [0.05, 0.1) is 6.26 Å². The summed E-state index contributed by atoms with van der Waals surface area (Å²) in [5, 5.41) is 2.91. The maximum atomic E-state index is 13.0. The van der Waals surface area contributed by atoms with Crippen LogP contribution < -0.4 is 10.0 Å². The van der Waals surface area contributed by atoms with Crippen LogP contribution in [-0.2, 0) is 21.4 Å². The Morgan fingerprint density at radius 3 is 2.46 bits per heavy atom. The van der Waals surface area contributed by atoms with Gasteiger partial charge in [0, 0.05) is 19.5 Å². The topological polar surface area (TPSA) is 75.3 Å². The molecule has 2 rings (SSSR count). The van der Waals surface area contributed by atoms with Gasteiger partial charge in [-0.05, 0) is 54.7 Å². The predicted molar refractivity (Wildman–Crippen MR) is 109 cm³/mol. The fraction of sp³-hybridized carbons (Fsp3) is 0.571. The molecule has 2 N–H and O–H groups in total. The largest absolute Gasteiger partial charge is 0.352 e. The summed E-state index contributed by atoms with van der Waals surface area (Å²) in [6, 6.07) is 6.09. The van der Waals surface area contributed by atoms with Gasteiger partial charge in [-0.15, -0.1) is 0 Å². The first-order valence-corrected chi connectivity index (χ1v) is 11.6. The summed E-state index contributed by atoms with van der Waals surface area (Å²) >= 11 is 0. The second kappa shape index (κ2) is 9.65. The third-order valence-corrected chi connectivity index (χ3v) is 6.19. The number of carbonyl (C=O) groups is 1. The zero-order valence-corrected chi connectivity index (χ0v) is 17.9. The molecule has 0 spiro atoms. The number of nitrogens with one attached hydrogen (secondary N) is 2. The van der Waals surface area contributed by atoms with Gasteiger partial charge in [0.2, 0.25) is 15.9 Å². The van der Waals surface area contributed by atoms with Crippen LogP contribution in [-0.4, -0.2) is 27.1 Å². The molecule has 1 aliphatic carbocycles. The molecule has 0 aliphatic heterocycles. The van der Waals surface area contributed by atoms with Crippen molar-refractivity contribution in [3.8, 4) is 0 Å². The van der Waals surface area contributed by atoms with Gasteiger partial charge in [0.1, 0.15) is 5.82 Å². The number of hydrogen-bond acceptors (Lipinski definition) is 3. The summed E-state index contributed by atoms with van der Waals surface area (Å²) in [6.45, 7) is 7.06. The fourth-order valence-electron chi connectivity index (χ4n) is 3.85. The predicted octanol–water partition coefficient (Wildman–Crippen LogP) is 3.24. The molecule has 0 aromatic heterocycles. The van der Waals surface area contributed by atoms with E-state index in [1.807, 2.05) is 6.92 Å². The summed E-state index contributed by atoms with van der Waals surface area (Å²) in [4.78, 5) is 12.4. The van der Waals surface area contributed by atoms with Gasteiger partial charge >= 0.3 is 0 Å². The van der Waals surface area contributed by atoms with Crippen molar-refractivity contribution in [3.63, 3.8) is 0 Å². The molecule has 0 fully saturated rings. The van der Waals surface area contributed by atoms with Gasteiger partial charge in [0.25, 0.3) is 0 Å². The molecule has 3 unspecified atom stereocenters. The normalized spacial score (nSPS) is 22.8. The van der Waals surface area contributed by atoms with Gasteiger partial charge in [-0.2, -0.15) is 0 Å². The highest BCUT2D eigenvalue weighted by atomic mass is 32.2. The number of benzene rings is 1. The molecular weight excluding hydrogens is 379 g/mol. The second-order valence-electron chi connectivity index (χ2n) is 8.14. The lowest BCUT2D eigenvalue weighted by Gasteiger charge is -2.37. The van der Waals surface area contributed by atoms with Crippen LogP contribution in [0.5, 0.6) is 0 Å². The van der Waals surface area contributed by atoms with Gasteiger partial charge in [-0.1, -0.05) is 37.6 Å². The number of hydrogen-bond donors (Lipinski definition) is 2. The zero-order valence-electron chi connectivity index (χ0n) is 17.0. The molecule has 28 heavy (non-hydrogen) atoms. The minimum absolute atomic E-state index is 0.0303. The van der Waals surface area contributed by atoms with Crippen molar-refractivity contribution in [2.24, 2.45) is 23.7 Å². The first-order chi connectivity index (χ1) is 13.0. The van der Waals surface area contributed by atoms with Crippen molar-refractivity contribution in [1.29, 1.82) is 0 Å². The fourth-order valence-corrected chi connectivity index (χ4v) is 4.35. The van der Waals surface area contributed by atoms with Crippen LogP contribution in [0.1, 0.15) is 39.2 Å². The van der Waals surface area contributed by atoms with E-state index in [0.29, 0.717) is 31.3 Å². The number of rotatable bonds is 8. The van der Waals surface area contributed by atoms with E-state index in [-0.39, 0.29) is 23.6 Å². The average molecular weight is 411 g/mol.